The van der Waals surface area contributed by atoms with Gasteiger partial charge in [0.05, 0.1) is 19.8 Å². The fourth-order valence-electron chi connectivity index (χ4n) is 2.97. The Labute approximate surface area is 124 Å². The third-order valence-electron chi connectivity index (χ3n) is 4.00. The van der Waals surface area contributed by atoms with Crippen molar-refractivity contribution < 1.29 is 18.9 Å². The lowest BCUT2D eigenvalue weighted by atomic mass is 10.0. The van der Waals surface area contributed by atoms with Crippen molar-refractivity contribution in [3.8, 4) is 17.2 Å². The lowest BCUT2D eigenvalue weighted by Crippen LogP contribution is -2.45. The highest BCUT2D eigenvalue weighted by Crippen LogP contribution is 2.43. The normalized spacial score (nSPS) is 23.1. The van der Waals surface area contributed by atoms with Gasteiger partial charge >= 0.3 is 0 Å². The predicted octanol–water partition coefficient (Wildman–Crippen LogP) is 1.14. The predicted molar refractivity (Wildman–Crippen MR) is 77.9 cm³/mol. The summed E-state index contributed by atoms with van der Waals surface area (Å²) in [7, 11) is 1.63. The summed E-state index contributed by atoms with van der Waals surface area (Å²) in [5.74, 6) is 2.09. The Kier molecular flexibility index (Phi) is 4.19. The van der Waals surface area contributed by atoms with Gasteiger partial charge in [0.2, 0.25) is 12.5 Å². The number of hydrogen-bond acceptors (Lipinski definition) is 6. The minimum absolute atomic E-state index is 0.125. The molecule has 0 amide bonds. The molecular weight excluding hydrogens is 272 g/mol. The van der Waals surface area contributed by atoms with Gasteiger partial charge in [0.25, 0.3) is 0 Å². The molecule has 0 aromatic heterocycles. The number of rotatable bonds is 4. The van der Waals surface area contributed by atoms with Crippen molar-refractivity contribution in [1.29, 1.82) is 0 Å². The second-order valence-electron chi connectivity index (χ2n) is 5.38. The molecule has 0 radical (unpaired) electrons. The summed E-state index contributed by atoms with van der Waals surface area (Å²) in [6.45, 7) is 5.34. The maximum absolute atomic E-state index is 6.02. The number of ether oxygens (including phenoxy) is 4. The lowest BCUT2D eigenvalue weighted by Gasteiger charge is -2.37. The second kappa shape index (κ2) is 6.09. The van der Waals surface area contributed by atoms with Crippen molar-refractivity contribution in [2.24, 2.45) is 5.73 Å². The fraction of sp³-hybridized carbons (Fsp3) is 0.600. The van der Waals surface area contributed by atoms with E-state index in [-0.39, 0.29) is 18.9 Å². The first-order chi connectivity index (χ1) is 10.2. The minimum Gasteiger partial charge on any atom is -0.493 e. The molecule has 116 valence electrons. The van der Waals surface area contributed by atoms with E-state index in [1.165, 1.54) is 0 Å². The van der Waals surface area contributed by atoms with E-state index in [0.717, 1.165) is 31.0 Å². The third kappa shape index (κ3) is 2.79. The average Bonchev–Trinajstić information content (AvgIpc) is 2.96. The molecule has 2 N–H and O–H groups in total. The van der Waals surface area contributed by atoms with Gasteiger partial charge in [-0.15, -0.1) is 0 Å². The van der Waals surface area contributed by atoms with E-state index < -0.39 is 0 Å². The number of morpholine rings is 1. The number of benzene rings is 1. The van der Waals surface area contributed by atoms with Gasteiger partial charge in [-0.25, -0.2) is 0 Å². The van der Waals surface area contributed by atoms with Crippen molar-refractivity contribution in [2.75, 3.05) is 40.1 Å². The summed E-state index contributed by atoms with van der Waals surface area (Å²) in [5, 5.41) is 0. The number of nitrogens with two attached hydrogens (primary N) is 1. The molecule has 2 heterocycles. The molecule has 2 aliphatic heterocycles. The first-order valence-corrected chi connectivity index (χ1v) is 7.26. The van der Waals surface area contributed by atoms with Crippen LogP contribution >= 0.6 is 0 Å². The van der Waals surface area contributed by atoms with Crippen LogP contribution in [-0.4, -0.2) is 51.1 Å². The largest absolute Gasteiger partial charge is 0.493 e. The van der Waals surface area contributed by atoms with Gasteiger partial charge in [-0.2, -0.15) is 0 Å². The molecule has 1 aromatic rings. The maximum atomic E-state index is 6.02. The Morgan fingerprint density at radius 1 is 1.43 bits per heavy atom. The molecule has 1 aromatic carbocycles. The summed E-state index contributed by atoms with van der Waals surface area (Å²) in [6.07, 6.45) is 0.226. The van der Waals surface area contributed by atoms with Crippen molar-refractivity contribution in [3.05, 3.63) is 17.7 Å². The first-order valence-electron chi connectivity index (χ1n) is 7.26. The van der Waals surface area contributed by atoms with Crippen LogP contribution in [0.1, 0.15) is 18.5 Å². The van der Waals surface area contributed by atoms with Crippen LogP contribution in [-0.2, 0) is 4.74 Å². The molecule has 6 nitrogen and oxygen atoms in total. The van der Waals surface area contributed by atoms with Gasteiger partial charge < -0.3 is 24.7 Å². The number of methoxy groups -OCH3 is 1. The minimum atomic E-state index is 0.125. The van der Waals surface area contributed by atoms with Crippen LogP contribution < -0.4 is 19.9 Å². The van der Waals surface area contributed by atoms with E-state index in [9.17, 15) is 0 Å². The van der Waals surface area contributed by atoms with Crippen molar-refractivity contribution in [2.45, 2.75) is 19.1 Å². The second-order valence-corrected chi connectivity index (χ2v) is 5.38. The lowest BCUT2D eigenvalue weighted by molar-refractivity contribution is -0.0333. The third-order valence-corrected chi connectivity index (χ3v) is 4.00. The summed E-state index contributed by atoms with van der Waals surface area (Å²) < 4.78 is 22.0. The van der Waals surface area contributed by atoms with E-state index in [2.05, 4.69) is 11.8 Å². The number of nitrogens with zero attached hydrogens (tertiary/aromatic N) is 1. The SMILES string of the molecule is COc1cc(C(CN)N2CCOC(C)C2)cc2c1OCO2. The Hall–Kier alpha value is -1.50. The number of fused-ring (bicyclic) bond motifs is 1. The maximum Gasteiger partial charge on any atom is 0.231 e. The van der Waals surface area contributed by atoms with Crippen LogP contribution in [0.5, 0.6) is 17.2 Å². The zero-order chi connectivity index (χ0) is 14.8. The molecule has 21 heavy (non-hydrogen) atoms. The molecule has 0 spiro atoms. The van der Waals surface area contributed by atoms with Crippen LogP contribution in [0.4, 0.5) is 0 Å². The van der Waals surface area contributed by atoms with E-state index in [4.69, 9.17) is 24.7 Å². The molecule has 2 aliphatic rings. The average molecular weight is 294 g/mol. The first kappa shape index (κ1) is 14.4. The number of hydrogen-bond donors (Lipinski definition) is 1. The van der Waals surface area contributed by atoms with Gasteiger partial charge in [-0.1, -0.05) is 0 Å². The highest BCUT2D eigenvalue weighted by atomic mass is 16.7. The van der Waals surface area contributed by atoms with Crippen LogP contribution in [0, 0.1) is 0 Å². The molecule has 3 rings (SSSR count). The zero-order valence-corrected chi connectivity index (χ0v) is 12.5. The molecule has 0 aliphatic carbocycles. The molecule has 6 heteroatoms. The van der Waals surface area contributed by atoms with Gasteiger partial charge in [0.15, 0.2) is 11.5 Å². The summed E-state index contributed by atoms with van der Waals surface area (Å²) >= 11 is 0. The van der Waals surface area contributed by atoms with Crippen molar-refractivity contribution >= 4 is 0 Å². The highest BCUT2D eigenvalue weighted by molar-refractivity contribution is 5.55. The molecule has 1 fully saturated rings. The molecule has 0 saturated carbocycles. The van der Waals surface area contributed by atoms with Crippen LogP contribution in [0.2, 0.25) is 0 Å². The molecule has 0 bridgehead atoms. The summed E-state index contributed by atoms with van der Waals surface area (Å²) in [6, 6.07) is 4.12. The van der Waals surface area contributed by atoms with E-state index in [1.54, 1.807) is 7.11 Å². The Bertz CT molecular complexity index is 509. The van der Waals surface area contributed by atoms with Gasteiger partial charge in [0.1, 0.15) is 0 Å². The summed E-state index contributed by atoms with van der Waals surface area (Å²) in [5.41, 5.74) is 7.11. The topological polar surface area (TPSA) is 66.2 Å². The monoisotopic (exact) mass is 294 g/mol. The molecule has 2 atom stereocenters. The van der Waals surface area contributed by atoms with Crippen LogP contribution in [0.15, 0.2) is 12.1 Å². The van der Waals surface area contributed by atoms with Crippen molar-refractivity contribution in [1.82, 2.24) is 4.90 Å². The highest BCUT2D eigenvalue weighted by Gasteiger charge is 2.28. The Balaban J connectivity index is 1.90. The fourth-order valence-corrected chi connectivity index (χ4v) is 2.97. The van der Waals surface area contributed by atoms with Crippen molar-refractivity contribution in [3.63, 3.8) is 0 Å². The standard InChI is InChI=1S/C15H22N2O4/c1-10-8-17(3-4-19-10)12(7-16)11-5-13(18-2)15-14(6-11)20-9-21-15/h5-6,10,12H,3-4,7-9,16H2,1-2H3. The smallest absolute Gasteiger partial charge is 0.231 e. The van der Waals surface area contributed by atoms with Gasteiger partial charge in [-0.05, 0) is 24.6 Å². The molecular formula is C15H22N2O4. The Morgan fingerprint density at radius 2 is 2.29 bits per heavy atom. The van der Waals surface area contributed by atoms with Gasteiger partial charge in [0, 0.05) is 25.7 Å². The zero-order valence-electron chi connectivity index (χ0n) is 12.5. The quantitative estimate of drug-likeness (QED) is 0.898. The molecule has 1 saturated heterocycles. The van der Waals surface area contributed by atoms with E-state index in [0.29, 0.717) is 18.0 Å². The van der Waals surface area contributed by atoms with Crippen LogP contribution in [0.25, 0.3) is 0 Å². The summed E-state index contributed by atoms with van der Waals surface area (Å²) in [4.78, 5) is 2.35. The van der Waals surface area contributed by atoms with Crippen LogP contribution in [0.3, 0.4) is 0 Å². The van der Waals surface area contributed by atoms with Gasteiger partial charge in [-0.3, -0.25) is 4.90 Å². The van der Waals surface area contributed by atoms with E-state index >= 15 is 0 Å². The Morgan fingerprint density at radius 3 is 3.00 bits per heavy atom. The van der Waals surface area contributed by atoms with E-state index in [1.807, 2.05) is 12.1 Å². The molecule has 2 unspecified atom stereocenters.